The summed E-state index contributed by atoms with van der Waals surface area (Å²) in [6, 6.07) is 27.3. The molecule has 0 aromatic heterocycles. The fraction of sp³-hybridized carbons (Fsp3) is 0.465. The van der Waals surface area contributed by atoms with E-state index < -0.39 is 24.1 Å². The van der Waals surface area contributed by atoms with Crippen LogP contribution in [0.2, 0.25) is 0 Å². The summed E-state index contributed by atoms with van der Waals surface area (Å²) >= 11 is 0. The van der Waals surface area contributed by atoms with E-state index in [1.165, 1.54) is 0 Å². The molecule has 4 atom stereocenters. The Morgan fingerprint density at radius 2 is 1.31 bits per heavy atom. The Morgan fingerprint density at radius 1 is 0.745 bits per heavy atom. The number of fused-ring (bicyclic) bond motifs is 2. The smallest absolute Gasteiger partial charge is 0.242 e. The van der Waals surface area contributed by atoms with Gasteiger partial charge < -0.3 is 26.8 Å². The molecular formula is C43H58N4O4. The molecule has 0 fully saturated rings. The number of unbranched alkanes of at least 4 members (excludes halogenated alkanes) is 1. The second kappa shape index (κ2) is 19.9. The first kappa shape index (κ1) is 39.5. The summed E-state index contributed by atoms with van der Waals surface area (Å²) in [4.78, 5) is 41.2. The number of nitrogens with two attached hydrogens (primary N) is 1. The third-order valence-electron chi connectivity index (χ3n) is 9.90. The van der Waals surface area contributed by atoms with Crippen molar-refractivity contribution in [2.75, 3.05) is 13.1 Å². The van der Waals surface area contributed by atoms with Crippen LogP contribution in [0.3, 0.4) is 0 Å². The zero-order valence-electron chi connectivity index (χ0n) is 30.9. The SMILES string of the molecule is CC[C@H](C)CNC(=O)C[C@H](O)[C@H](CC(C)C)NC(=O)[C@H](CCCCN)NC(=O)C(Cc1cccc2ccccc12)Cc1cccc2ccccc12. The highest BCUT2D eigenvalue weighted by atomic mass is 16.3. The Balaban J connectivity index is 1.59. The average Bonchev–Trinajstić information content (AvgIpc) is 3.12. The number of hydrogen-bond donors (Lipinski definition) is 5. The zero-order chi connectivity index (χ0) is 36.8. The summed E-state index contributed by atoms with van der Waals surface area (Å²) in [6.45, 7) is 9.18. The Hall–Kier alpha value is -4.27. The van der Waals surface area contributed by atoms with Crippen molar-refractivity contribution in [1.82, 2.24) is 16.0 Å². The van der Waals surface area contributed by atoms with Gasteiger partial charge in [-0.2, -0.15) is 0 Å². The van der Waals surface area contributed by atoms with Gasteiger partial charge in [-0.05, 0) is 89.6 Å². The molecule has 0 saturated carbocycles. The van der Waals surface area contributed by atoms with Crippen molar-refractivity contribution in [2.24, 2.45) is 23.5 Å². The molecule has 8 heteroatoms. The van der Waals surface area contributed by atoms with E-state index in [4.69, 9.17) is 5.73 Å². The molecule has 51 heavy (non-hydrogen) atoms. The normalized spacial score (nSPS) is 14.0. The lowest BCUT2D eigenvalue weighted by atomic mass is 9.87. The van der Waals surface area contributed by atoms with Gasteiger partial charge in [-0.3, -0.25) is 14.4 Å². The summed E-state index contributed by atoms with van der Waals surface area (Å²) in [5.41, 5.74) is 7.96. The van der Waals surface area contributed by atoms with Crippen LogP contribution >= 0.6 is 0 Å². The molecule has 0 heterocycles. The van der Waals surface area contributed by atoms with Crippen molar-refractivity contribution in [2.45, 2.75) is 97.2 Å². The first-order valence-corrected chi connectivity index (χ1v) is 18.8. The highest BCUT2D eigenvalue weighted by molar-refractivity contribution is 5.91. The molecule has 4 aromatic carbocycles. The molecule has 0 saturated heterocycles. The lowest BCUT2D eigenvalue weighted by Gasteiger charge is -2.29. The number of carbonyl (C=O) groups excluding carboxylic acids is 3. The zero-order valence-corrected chi connectivity index (χ0v) is 30.9. The summed E-state index contributed by atoms with van der Waals surface area (Å²) in [6.07, 6.45) is 3.00. The first-order valence-electron chi connectivity index (χ1n) is 18.8. The van der Waals surface area contributed by atoms with Gasteiger partial charge in [0.15, 0.2) is 0 Å². The van der Waals surface area contributed by atoms with Crippen molar-refractivity contribution in [3.8, 4) is 0 Å². The molecule has 0 aliphatic heterocycles. The van der Waals surface area contributed by atoms with Crippen LogP contribution in [0.1, 0.15) is 77.3 Å². The van der Waals surface area contributed by atoms with E-state index in [0.717, 1.165) is 39.1 Å². The molecule has 274 valence electrons. The molecule has 0 bridgehead atoms. The predicted molar refractivity (Wildman–Crippen MR) is 208 cm³/mol. The second-order valence-electron chi connectivity index (χ2n) is 14.6. The van der Waals surface area contributed by atoms with Gasteiger partial charge in [-0.15, -0.1) is 0 Å². The van der Waals surface area contributed by atoms with Crippen LogP contribution in [0, 0.1) is 17.8 Å². The van der Waals surface area contributed by atoms with Crippen LogP contribution in [0.15, 0.2) is 84.9 Å². The topological polar surface area (TPSA) is 134 Å². The van der Waals surface area contributed by atoms with E-state index in [2.05, 4.69) is 78.3 Å². The number of aliphatic hydroxyl groups excluding tert-OH is 1. The van der Waals surface area contributed by atoms with E-state index in [-0.39, 0.29) is 30.1 Å². The highest BCUT2D eigenvalue weighted by Crippen LogP contribution is 2.27. The monoisotopic (exact) mass is 694 g/mol. The van der Waals surface area contributed by atoms with Crippen LogP contribution in [0.25, 0.3) is 21.5 Å². The average molecular weight is 695 g/mol. The fourth-order valence-corrected chi connectivity index (χ4v) is 6.72. The molecule has 6 N–H and O–H groups in total. The lowest BCUT2D eigenvalue weighted by molar-refractivity contribution is -0.132. The third-order valence-corrected chi connectivity index (χ3v) is 9.90. The summed E-state index contributed by atoms with van der Waals surface area (Å²) in [5, 5.41) is 24.7. The molecule has 4 aromatic rings. The van der Waals surface area contributed by atoms with Gasteiger partial charge in [0.1, 0.15) is 6.04 Å². The Kier molecular flexibility index (Phi) is 15.5. The molecule has 0 unspecified atom stereocenters. The van der Waals surface area contributed by atoms with Gasteiger partial charge in [-0.1, -0.05) is 119 Å². The first-order chi connectivity index (χ1) is 24.6. The molecular weight excluding hydrogens is 636 g/mol. The number of nitrogens with one attached hydrogen (secondary N) is 3. The van der Waals surface area contributed by atoms with Crippen molar-refractivity contribution in [3.63, 3.8) is 0 Å². The quantitative estimate of drug-likeness (QED) is 0.0679. The largest absolute Gasteiger partial charge is 0.390 e. The van der Waals surface area contributed by atoms with E-state index >= 15 is 0 Å². The van der Waals surface area contributed by atoms with Crippen molar-refractivity contribution >= 4 is 39.3 Å². The standard InChI is InChI=1S/C43H58N4O4/c1-5-30(4)28-45-41(49)27-40(48)39(24-29(2)3)47-43(51)38(22-10-11-23-44)46-42(50)35(25-33-18-12-16-31-14-6-8-20-36(31)33)26-34-19-13-17-32-15-7-9-21-37(32)34/h6-9,12-21,29-30,35,38-40,48H,5,10-11,22-28,44H2,1-4H3,(H,45,49)(H,46,50)(H,47,51)/t30-,38-,39-,40-/m0/s1. The minimum absolute atomic E-state index is 0.115. The van der Waals surface area contributed by atoms with Crippen LogP contribution in [-0.4, -0.2) is 54.1 Å². The Morgan fingerprint density at radius 3 is 1.86 bits per heavy atom. The van der Waals surface area contributed by atoms with Crippen LogP contribution < -0.4 is 21.7 Å². The van der Waals surface area contributed by atoms with E-state index in [9.17, 15) is 19.5 Å². The lowest BCUT2D eigenvalue weighted by Crippen LogP contribution is -2.54. The minimum atomic E-state index is -1.07. The van der Waals surface area contributed by atoms with E-state index in [1.807, 2.05) is 50.2 Å². The van der Waals surface area contributed by atoms with Gasteiger partial charge in [0.25, 0.3) is 0 Å². The summed E-state index contributed by atoms with van der Waals surface area (Å²) in [5.74, 6) is -0.779. The minimum Gasteiger partial charge on any atom is -0.390 e. The van der Waals surface area contributed by atoms with Gasteiger partial charge in [0, 0.05) is 12.5 Å². The maximum atomic E-state index is 14.4. The van der Waals surface area contributed by atoms with Crippen molar-refractivity contribution in [1.29, 1.82) is 0 Å². The molecule has 4 rings (SSSR count). The van der Waals surface area contributed by atoms with Crippen molar-refractivity contribution in [3.05, 3.63) is 96.1 Å². The predicted octanol–water partition coefficient (Wildman–Crippen LogP) is 6.45. The maximum Gasteiger partial charge on any atom is 0.242 e. The van der Waals surface area contributed by atoms with Crippen LogP contribution in [-0.2, 0) is 27.2 Å². The molecule has 0 aliphatic carbocycles. The van der Waals surface area contributed by atoms with Crippen LogP contribution in [0.5, 0.6) is 0 Å². The maximum absolute atomic E-state index is 14.4. The second-order valence-corrected chi connectivity index (χ2v) is 14.6. The number of rotatable bonds is 20. The van der Waals surface area contributed by atoms with Gasteiger partial charge in [0.2, 0.25) is 17.7 Å². The third kappa shape index (κ3) is 11.9. The van der Waals surface area contributed by atoms with E-state index in [1.54, 1.807) is 0 Å². The molecule has 8 nitrogen and oxygen atoms in total. The number of aliphatic hydroxyl groups is 1. The van der Waals surface area contributed by atoms with Gasteiger partial charge >= 0.3 is 0 Å². The Labute approximate surface area is 304 Å². The fourth-order valence-electron chi connectivity index (χ4n) is 6.72. The highest BCUT2D eigenvalue weighted by Gasteiger charge is 2.31. The summed E-state index contributed by atoms with van der Waals surface area (Å²) in [7, 11) is 0. The molecule has 0 aliphatic rings. The van der Waals surface area contributed by atoms with Crippen LogP contribution in [0.4, 0.5) is 0 Å². The summed E-state index contributed by atoms with van der Waals surface area (Å²) < 4.78 is 0. The molecule has 0 spiro atoms. The van der Waals surface area contributed by atoms with Gasteiger partial charge in [-0.25, -0.2) is 0 Å². The number of hydrogen-bond acceptors (Lipinski definition) is 5. The number of benzene rings is 4. The molecule has 0 radical (unpaired) electrons. The Bertz CT molecular complexity index is 1630. The number of carbonyl (C=O) groups is 3. The number of amides is 3. The van der Waals surface area contributed by atoms with E-state index in [0.29, 0.717) is 57.5 Å². The van der Waals surface area contributed by atoms with Gasteiger partial charge in [0.05, 0.1) is 18.6 Å². The van der Waals surface area contributed by atoms with Crippen molar-refractivity contribution < 1.29 is 19.5 Å². The molecule has 3 amide bonds.